The van der Waals surface area contributed by atoms with Crippen molar-refractivity contribution >= 4 is 59.2 Å². The van der Waals surface area contributed by atoms with E-state index < -0.39 is 16.1 Å². The molecule has 3 aromatic heterocycles. The fraction of sp³-hybridized carbons (Fsp3) is 0.300. The minimum atomic E-state index is -1.27. The summed E-state index contributed by atoms with van der Waals surface area (Å²) in [7, 11) is -2.55. The summed E-state index contributed by atoms with van der Waals surface area (Å²) in [5.74, 6) is 2.85. The highest BCUT2D eigenvalue weighted by atomic mass is 32.1. The van der Waals surface area contributed by atoms with Gasteiger partial charge in [-0.15, -0.1) is 40.4 Å². The van der Waals surface area contributed by atoms with Crippen molar-refractivity contribution in [2.45, 2.75) is 39.3 Å². The molecule has 0 amide bonds. The summed E-state index contributed by atoms with van der Waals surface area (Å²) in [6, 6.07) is 11.4. The Hall–Kier alpha value is -0.906. The lowest BCUT2D eigenvalue weighted by atomic mass is 10.2. The van der Waals surface area contributed by atoms with Crippen LogP contribution in [0.4, 0.5) is 0 Å². The average Bonchev–Trinajstić information content (AvgIpc) is 3.23. The fourth-order valence-corrected chi connectivity index (χ4v) is 9.56. The highest BCUT2D eigenvalue weighted by Gasteiger charge is 2.23. The Morgan fingerprint density at radius 1 is 0.760 bits per heavy atom. The van der Waals surface area contributed by atoms with E-state index in [0.717, 1.165) is 4.88 Å². The first-order valence-corrected chi connectivity index (χ1v) is 17.9. The van der Waals surface area contributed by atoms with Gasteiger partial charge in [0.05, 0.1) is 25.9 Å². The van der Waals surface area contributed by atoms with Crippen molar-refractivity contribution in [2.75, 3.05) is 0 Å². The Balaban J connectivity index is 2.10. The zero-order valence-corrected chi connectivity index (χ0v) is 20.1. The van der Waals surface area contributed by atoms with Crippen molar-refractivity contribution in [3.63, 3.8) is 0 Å². The lowest BCUT2D eigenvalue weighted by Crippen LogP contribution is -2.34. The lowest BCUT2D eigenvalue weighted by molar-refractivity contribution is 1.78. The van der Waals surface area contributed by atoms with E-state index in [1.165, 1.54) is 20.2 Å². The van der Waals surface area contributed by atoms with Gasteiger partial charge >= 0.3 is 0 Å². The molecule has 0 saturated heterocycles. The van der Waals surface area contributed by atoms with Crippen LogP contribution in [-0.4, -0.2) is 16.1 Å². The molecule has 0 saturated carbocycles. The van der Waals surface area contributed by atoms with Gasteiger partial charge in [-0.2, -0.15) is 0 Å². The normalized spacial score (nSPS) is 12.4. The van der Waals surface area contributed by atoms with Gasteiger partial charge in [-0.3, -0.25) is 0 Å². The third-order valence-electron chi connectivity index (χ3n) is 4.05. The molecule has 0 unspecified atom stereocenters. The molecular weight excluding hydrogens is 393 g/mol. The van der Waals surface area contributed by atoms with Crippen LogP contribution in [0.15, 0.2) is 30.3 Å². The monoisotopic (exact) mass is 416 g/mol. The SMILES string of the molecule is C#Cc1cc(-c2ccc([Si](C)(C)C)s2)c(-c2ccc([Si](C)(C)C)s2)s1. The first-order valence-electron chi connectivity index (χ1n) is 8.41. The third-order valence-corrected chi connectivity index (χ3v) is 14.7. The second kappa shape index (κ2) is 6.68. The molecule has 0 nitrogen and oxygen atoms in total. The van der Waals surface area contributed by atoms with Gasteiger partial charge in [-0.25, -0.2) is 0 Å². The molecule has 0 radical (unpaired) electrons. The number of thiophene rings is 3. The Morgan fingerprint density at radius 3 is 1.76 bits per heavy atom. The van der Waals surface area contributed by atoms with Crippen LogP contribution in [-0.2, 0) is 0 Å². The summed E-state index contributed by atoms with van der Waals surface area (Å²) in [6.07, 6.45) is 5.72. The predicted octanol–water partition coefficient (Wildman–Crippen LogP) is 6.28. The fourth-order valence-electron chi connectivity index (χ4n) is 2.58. The van der Waals surface area contributed by atoms with Gasteiger partial charge in [-0.1, -0.05) is 57.3 Å². The van der Waals surface area contributed by atoms with E-state index in [4.69, 9.17) is 6.42 Å². The second-order valence-corrected chi connectivity index (χ2v) is 22.3. The minimum Gasteiger partial charge on any atom is -0.145 e. The van der Waals surface area contributed by atoms with Gasteiger partial charge in [-0.05, 0) is 27.2 Å². The molecule has 0 aliphatic heterocycles. The molecule has 0 N–H and O–H groups in total. The number of rotatable bonds is 4. The summed E-state index contributed by atoms with van der Waals surface area (Å²) in [5.41, 5.74) is 1.32. The molecule has 0 bridgehead atoms. The van der Waals surface area contributed by atoms with Crippen LogP contribution in [0.5, 0.6) is 0 Å². The minimum absolute atomic E-state index is 1.02. The molecule has 130 valence electrons. The molecule has 25 heavy (non-hydrogen) atoms. The van der Waals surface area contributed by atoms with Crippen molar-refractivity contribution in [3.05, 3.63) is 35.2 Å². The van der Waals surface area contributed by atoms with Crippen LogP contribution >= 0.6 is 34.0 Å². The smallest absolute Gasteiger partial charge is 0.0904 e. The van der Waals surface area contributed by atoms with Gasteiger partial charge in [0.2, 0.25) is 0 Å². The molecule has 0 spiro atoms. The lowest BCUT2D eigenvalue weighted by Gasteiger charge is -2.12. The van der Waals surface area contributed by atoms with Crippen molar-refractivity contribution in [3.8, 4) is 32.5 Å². The Kier molecular flexibility index (Phi) is 5.04. The quantitative estimate of drug-likeness (QED) is 0.347. The van der Waals surface area contributed by atoms with E-state index in [9.17, 15) is 0 Å². The number of terminal acetylenes is 1. The average molecular weight is 417 g/mol. The molecule has 0 aromatic carbocycles. The van der Waals surface area contributed by atoms with Gasteiger partial charge in [0, 0.05) is 15.3 Å². The Bertz CT molecular complexity index is 867. The zero-order valence-electron chi connectivity index (χ0n) is 15.7. The zero-order chi connectivity index (χ0) is 18.4. The van der Waals surface area contributed by atoms with Crippen molar-refractivity contribution in [2.24, 2.45) is 0 Å². The standard InChI is InChI=1S/C20H24S3Si2/c1-8-14-13-15(16-9-11-18(22-16)24(2,3)4)20(21-14)17-10-12-19(23-17)25(5,6)7/h1,9-13H,2-7H3. The topological polar surface area (TPSA) is 0 Å². The van der Waals surface area contributed by atoms with Crippen LogP contribution in [0, 0.1) is 12.3 Å². The summed E-state index contributed by atoms with van der Waals surface area (Å²) in [6.45, 7) is 14.4. The Morgan fingerprint density at radius 2 is 1.28 bits per heavy atom. The van der Waals surface area contributed by atoms with Gasteiger partial charge in [0.15, 0.2) is 0 Å². The third kappa shape index (κ3) is 3.94. The van der Waals surface area contributed by atoms with Crippen molar-refractivity contribution < 1.29 is 0 Å². The van der Waals surface area contributed by atoms with Crippen LogP contribution in [0.2, 0.25) is 39.3 Å². The van der Waals surface area contributed by atoms with Crippen LogP contribution in [0.3, 0.4) is 0 Å². The molecule has 5 heteroatoms. The van der Waals surface area contributed by atoms with Crippen LogP contribution in [0.25, 0.3) is 20.2 Å². The van der Waals surface area contributed by atoms with Crippen LogP contribution in [0.1, 0.15) is 4.88 Å². The van der Waals surface area contributed by atoms with E-state index in [0.29, 0.717) is 0 Å². The largest absolute Gasteiger partial charge is 0.145 e. The summed E-state index contributed by atoms with van der Waals surface area (Å²) < 4.78 is 3.11. The highest BCUT2D eigenvalue weighted by Crippen LogP contribution is 2.42. The second-order valence-electron chi connectivity index (χ2n) is 8.33. The molecular formula is C20H24S3Si2. The maximum absolute atomic E-state index is 5.72. The molecule has 3 heterocycles. The van der Waals surface area contributed by atoms with Gasteiger partial charge in [0.1, 0.15) is 0 Å². The number of hydrogen-bond donors (Lipinski definition) is 0. The molecule has 0 aliphatic carbocycles. The van der Waals surface area contributed by atoms with Crippen LogP contribution < -0.4 is 9.00 Å². The summed E-state index contributed by atoms with van der Waals surface area (Å²) >= 11 is 5.66. The molecule has 0 aliphatic rings. The molecule has 3 rings (SSSR count). The van der Waals surface area contributed by atoms with Crippen molar-refractivity contribution in [1.29, 1.82) is 0 Å². The van der Waals surface area contributed by atoms with Gasteiger partial charge in [0.25, 0.3) is 0 Å². The molecule has 0 atom stereocenters. The van der Waals surface area contributed by atoms with E-state index in [1.54, 1.807) is 20.3 Å². The molecule has 3 aromatic rings. The molecule has 0 fully saturated rings. The van der Waals surface area contributed by atoms with Crippen molar-refractivity contribution in [1.82, 2.24) is 0 Å². The first kappa shape index (κ1) is 18.9. The maximum atomic E-state index is 5.72. The van der Waals surface area contributed by atoms with E-state index in [-0.39, 0.29) is 0 Å². The predicted molar refractivity (Wildman–Crippen MR) is 125 cm³/mol. The first-order chi connectivity index (χ1) is 11.6. The summed E-state index contributed by atoms with van der Waals surface area (Å²) in [5, 5.41) is 0. The Labute approximate surface area is 165 Å². The van der Waals surface area contributed by atoms with Gasteiger partial charge < -0.3 is 0 Å². The van der Waals surface area contributed by atoms with E-state index in [2.05, 4.69) is 75.5 Å². The maximum Gasteiger partial charge on any atom is 0.0904 e. The number of hydrogen-bond acceptors (Lipinski definition) is 3. The summed E-state index contributed by atoms with van der Waals surface area (Å²) in [4.78, 5) is 5.08. The highest BCUT2D eigenvalue weighted by molar-refractivity contribution is 7.32. The van der Waals surface area contributed by atoms with E-state index >= 15 is 0 Å². The van der Waals surface area contributed by atoms with E-state index in [1.807, 2.05) is 22.7 Å².